The Kier molecular flexibility index (Phi) is 8.43. The maximum absolute atomic E-state index is 11.9. The summed E-state index contributed by atoms with van der Waals surface area (Å²) in [4.78, 5) is 22.7. The van der Waals surface area contributed by atoms with Crippen molar-refractivity contribution >= 4 is 11.9 Å². The summed E-state index contributed by atoms with van der Waals surface area (Å²) in [5, 5.41) is 2.83. The summed E-state index contributed by atoms with van der Waals surface area (Å²) < 4.78 is 16.3. The van der Waals surface area contributed by atoms with Crippen LogP contribution in [0, 0.1) is 0 Å². The molecule has 0 aromatic heterocycles. The number of nitrogens with one attached hydrogen (secondary N) is 1. The van der Waals surface area contributed by atoms with Crippen LogP contribution >= 0.6 is 0 Å². The van der Waals surface area contributed by atoms with Gasteiger partial charge in [-0.2, -0.15) is 0 Å². The van der Waals surface area contributed by atoms with Gasteiger partial charge in [0.05, 0.1) is 18.8 Å². The predicted octanol–water partition coefficient (Wildman–Crippen LogP) is 2.26. The molecular formula is C18H27NO5. The molecule has 24 heavy (non-hydrogen) atoms. The van der Waals surface area contributed by atoms with E-state index in [1.807, 2.05) is 19.9 Å². The zero-order valence-corrected chi connectivity index (χ0v) is 14.8. The van der Waals surface area contributed by atoms with Crippen molar-refractivity contribution in [2.45, 2.75) is 58.7 Å². The number of carbonyl (C=O) groups is 2. The molecule has 0 radical (unpaired) electrons. The highest BCUT2D eigenvalue weighted by Gasteiger charge is 2.29. The van der Waals surface area contributed by atoms with E-state index in [1.54, 1.807) is 13.0 Å². The summed E-state index contributed by atoms with van der Waals surface area (Å²) in [6.45, 7) is 11.0. The Hall–Kier alpha value is -1.92. The maximum Gasteiger partial charge on any atom is 0.303 e. The molecule has 1 N–H and O–H groups in total. The second-order valence-electron chi connectivity index (χ2n) is 5.78. The van der Waals surface area contributed by atoms with Crippen LogP contribution in [0.25, 0.3) is 0 Å². The quantitative estimate of drug-likeness (QED) is 0.438. The molecule has 1 amide bonds. The Morgan fingerprint density at radius 2 is 2.12 bits per heavy atom. The van der Waals surface area contributed by atoms with Gasteiger partial charge in [0.25, 0.3) is 0 Å². The largest absolute Gasteiger partial charge is 0.459 e. The summed E-state index contributed by atoms with van der Waals surface area (Å²) in [6, 6.07) is -0.230. The third-order valence-corrected chi connectivity index (χ3v) is 3.55. The van der Waals surface area contributed by atoms with Crippen molar-refractivity contribution in [2.24, 2.45) is 0 Å². The molecule has 4 atom stereocenters. The molecular weight excluding hydrogens is 310 g/mol. The van der Waals surface area contributed by atoms with Crippen molar-refractivity contribution in [1.82, 2.24) is 5.32 Å². The summed E-state index contributed by atoms with van der Waals surface area (Å²) >= 11 is 0. The molecule has 1 aliphatic heterocycles. The fraction of sp³-hybridized carbons (Fsp3) is 0.556. The zero-order valence-electron chi connectivity index (χ0n) is 14.8. The normalized spacial score (nSPS) is 26.0. The minimum absolute atomic E-state index is 0.163. The molecule has 134 valence electrons. The predicted molar refractivity (Wildman–Crippen MR) is 91.2 cm³/mol. The van der Waals surface area contributed by atoms with Crippen molar-refractivity contribution in [3.8, 4) is 0 Å². The number of ether oxygens (including phenoxy) is 3. The molecule has 6 nitrogen and oxygen atoms in total. The highest BCUT2D eigenvalue weighted by molar-refractivity contribution is 5.87. The number of rotatable bonds is 7. The number of amides is 1. The minimum Gasteiger partial charge on any atom is -0.459 e. The van der Waals surface area contributed by atoms with Gasteiger partial charge in [-0.05, 0) is 26.8 Å². The van der Waals surface area contributed by atoms with Crippen LogP contribution in [0.3, 0.4) is 0 Å². The van der Waals surface area contributed by atoms with Crippen LogP contribution in [0.1, 0.15) is 34.1 Å². The molecule has 1 fully saturated rings. The van der Waals surface area contributed by atoms with E-state index in [2.05, 4.69) is 11.9 Å². The van der Waals surface area contributed by atoms with Crippen LogP contribution < -0.4 is 5.32 Å². The molecule has 6 heteroatoms. The SMILES string of the molecule is C=CC(C)=CC[C@H]1OC[C@@H](NC(=O)C=CC(C)OC(C)=O)[C@@H](C)O1. The van der Waals surface area contributed by atoms with Gasteiger partial charge in [0.2, 0.25) is 5.91 Å². The first-order valence-electron chi connectivity index (χ1n) is 8.04. The van der Waals surface area contributed by atoms with Gasteiger partial charge in [0.1, 0.15) is 6.10 Å². The lowest BCUT2D eigenvalue weighted by molar-refractivity contribution is -0.217. The fourth-order valence-corrected chi connectivity index (χ4v) is 2.12. The van der Waals surface area contributed by atoms with Crippen molar-refractivity contribution < 1.29 is 23.8 Å². The lowest BCUT2D eigenvalue weighted by Crippen LogP contribution is -2.51. The summed E-state index contributed by atoms with van der Waals surface area (Å²) in [6.07, 6.45) is 6.37. The van der Waals surface area contributed by atoms with E-state index in [0.29, 0.717) is 13.0 Å². The van der Waals surface area contributed by atoms with Gasteiger partial charge in [-0.1, -0.05) is 24.3 Å². The van der Waals surface area contributed by atoms with Crippen molar-refractivity contribution in [2.75, 3.05) is 6.61 Å². The van der Waals surface area contributed by atoms with E-state index in [0.717, 1.165) is 5.57 Å². The van der Waals surface area contributed by atoms with Crippen LogP contribution in [-0.4, -0.2) is 43.0 Å². The van der Waals surface area contributed by atoms with Crippen molar-refractivity contribution in [3.05, 3.63) is 36.5 Å². The number of esters is 1. The van der Waals surface area contributed by atoms with E-state index in [1.165, 1.54) is 19.1 Å². The summed E-state index contributed by atoms with van der Waals surface area (Å²) in [5.41, 5.74) is 1.07. The van der Waals surface area contributed by atoms with Crippen LogP contribution in [0.15, 0.2) is 36.5 Å². The molecule has 1 heterocycles. The second kappa shape index (κ2) is 10.1. The third-order valence-electron chi connectivity index (χ3n) is 3.55. The van der Waals surface area contributed by atoms with E-state index in [4.69, 9.17) is 14.2 Å². The van der Waals surface area contributed by atoms with Crippen LogP contribution in [-0.2, 0) is 23.8 Å². The Balaban J connectivity index is 2.42. The van der Waals surface area contributed by atoms with Gasteiger partial charge < -0.3 is 19.5 Å². The van der Waals surface area contributed by atoms with Crippen LogP contribution in [0.4, 0.5) is 0 Å². The molecule has 1 unspecified atom stereocenters. The topological polar surface area (TPSA) is 73.9 Å². The molecule has 0 saturated carbocycles. The smallest absolute Gasteiger partial charge is 0.303 e. The molecule has 0 bridgehead atoms. The molecule has 0 aliphatic carbocycles. The lowest BCUT2D eigenvalue weighted by atomic mass is 10.1. The molecule has 0 spiro atoms. The van der Waals surface area contributed by atoms with E-state index in [-0.39, 0.29) is 30.3 Å². The standard InChI is InChI=1S/C18H27NO5/c1-6-12(2)7-10-18-22-11-16(14(4)24-18)19-17(21)9-8-13(3)23-15(5)20/h6-9,13-14,16,18H,1,10-11H2,2-5H3,(H,19,21)/t13?,14-,16-,18+/m1/s1. The molecule has 0 aromatic rings. The molecule has 1 rings (SSSR count). The van der Waals surface area contributed by atoms with Gasteiger partial charge >= 0.3 is 5.97 Å². The molecule has 0 aromatic carbocycles. The highest BCUT2D eigenvalue weighted by atomic mass is 16.7. The van der Waals surface area contributed by atoms with Gasteiger partial charge in [-0.25, -0.2) is 0 Å². The number of allylic oxidation sites excluding steroid dienone is 2. The third kappa shape index (κ3) is 7.57. The first-order valence-corrected chi connectivity index (χ1v) is 8.04. The van der Waals surface area contributed by atoms with Crippen LogP contribution in [0.5, 0.6) is 0 Å². The highest BCUT2D eigenvalue weighted by Crippen LogP contribution is 2.16. The van der Waals surface area contributed by atoms with E-state index >= 15 is 0 Å². The maximum atomic E-state index is 11.9. The van der Waals surface area contributed by atoms with Gasteiger partial charge in [0.15, 0.2) is 6.29 Å². The zero-order chi connectivity index (χ0) is 18.1. The van der Waals surface area contributed by atoms with Crippen molar-refractivity contribution in [3.63, 3.8) is 0 Å². The Bertz CT molecular complexity index is 512. The van der Waals surface area contributed by atoms with E-state index < -0.39 is 6.10 Å². The first kappa shape index (κ1) is 20.1. The van der Waals surface area contributed by atoms with Crippen LogP contribution in [0.2, 0.25) is 0 Å². The molecule has 1 aliphatic rings. The number of hydrogen-bond donors (Lipinski definition) is 1. The summed E-state index contributed by atoms with van der Waals surface area (Å²) in [7, 11) is 0. The number of carbonyl (C=O) groups excluding carboxylic acids is 2. The summed E-state index contributed by atoms with van der Waals surface area (Å²) in [5.74, 6) is -0.666. The van der Waals surface area contributed by atoms with Gasteiger partial charge in [-0.15, -0.1) is 0 Å². The van der Waals surface area contributed by atoms with Gasteiger partial charge in [-0.3, -0.25) is 9.59 Å². The molecule has 1 saturated heterocycles. The average molecular weight is 337 g/mol. The Labute approximate surface area is 143 Å². The average Bonchev–Trinajstić information content (AvgIpc) is 2.52. The monoisotopic (exact) mass is 337 g/mol. The first-order chi connectivity index (χ1) is 11.3. The lowest BCUT2D eigenvalue weighted by Gasteiger charge is -2.34. The Morgan fingerprint density at radius 1 is 1.42 bits per heavy atom. The van der Waals surface area contributed by atoms with Gasteiger partial charge in [0, 0.05) is 19.4 Å². The van der Waals surface area contributed by atoms with Crippen molar-refractivity contribution in [1.29, 1.82) is 0 Å². The van der Waals surface area contributed by atoms with E-state index in [9.17, 15) is 9.59 Å². The number of hydrogen-bond acceptors (Lipinski definition) is 5. The fourth-order valence-electron chi connectivity index (χ4n) is 2.12. The second-order valence-corrected chi connectivity index (χ2v) is 5.78. The minimum atomic E-state index is -0.450. The Morgan fingerprint density at radius 3 is 2.71 bits per heavy atom.